The first kappa shape index (κ1) is 10.0. The summed E-state index contributed by atoms with van der Waals surface area (Å²) in [6.07, 6.45) is 6.45. The Labute approximate surface area is 94.7 Å². The predicted octanol–water partition coefficient (Wildman–Crippen LogP) is 0.299. The van der Waals surface area contributed by atoms with E-state index >= 15 is 0 Å². The van der Waals surface area contributed by atoms with Gasteiger partial charge in [-0.3, -0.25) is 14.5 Å². The smallest absolute Gasteiger partial charge is 0.233 e. The highest BCUT2D eigenvalue weighted by Crippen LogP contribution is 2.36. The predicted molar refractivity (Wildman–Crippen MR) is 58.5 cm³/mol. The Morgan fingerprint density at radius 1 is 1.12 bits per heavy atom. The molecule has 0 aromatic carbocycles. The number of carbonyl (C=O) groups excluding carboxylic acids is 2. The summed E-state index contributed by atoms with van der Waals surface area (Å²) in [5.74, 6) is -0.0164. The van der Waals surface area contributed by atoms with Gasteiger partial charge in [0.1, 0.15) is 0 Å². The van der Waals surface area contributed by atoms with Crippen molar-refractivity contribution in [3.05, 3.63) is 12.2 Å². The van der Waals surface area contributed by atoms with E-state index in [-0.39, 0.29) is 29.7 Å². The molecule has 2 aliphatic heterocycles. The minimum absolute atomic E-state index is 0.0630. The van der Waals surface area contributed by atoms with Crippen LogP contribution in [0.3, 0.4) is 0 Å². The Morgan fingerprint density at radius 2 is 1.75 bits per heavy atom. The van der Waals surface area contributed by atoms with Crippen molar-refractivity contribution in [3.8, 4) is 0 Å². The summed E-state index contributed by atoms with van der Waals surface area (Å²) in [6.45, 7) is 1.68. The average molecular weight is 220 g/mol. The molecule has 2 amide bonds. The van der Waals surface area contributed by atoms with Gasteiger partial charge in [-0.25, -0.2) is 0 Å². The van der Waals surface area contributed by atoms with Gasteiger partial charge in [0.2, 0.25) is 11.8 Å². The van der Waals surface area contributed by atoms with Gasteiger partial charge in [-0.1, -0.05) is 12.2 Å². The van der Waals surface area contributed by atoms with Crippen molar-refractivity contribution in [2.75, 3.05) is 13.1 Å². The molecule has 2 heterocycles. The average Bonchev–Trinajstić information content (AvgIpc) is 2.89. The van der Waals surface area contributed by atoms with Crippen molar-refractivity contribution in [2.24, 2.45) is 11.8 Å². The molecule has 0 spiro atoms. The standard InChI is InChI=1S/C12H16N2O2/c15-11-9-3-1-2-4-10(9)12(16)14(11)8-5-6-13-7-8/h1-2,8-10,13H,3-7H2. The van der Waals surface area contributed by atoms with Gasteiger partial charge in [-0.2, -0.15) is 0 Å². The molecule has 0 aromatic heterocycles. The monoisotopic (exact) mass is 220 g/mol. The fourth-order valence-electron chi connectivity index (χ4n) is 3.05. The van der Waals surface area contributed by atoms with Crippen molar-refractivity contribution in [2.45, 2.75) is 25.3 Å². The van der Waals surface area contributed by atoms with E-state index in [0.717, 1.165) is 32.4 Å². The number of likely N-dealkylation sites (tertiary alicyclic amines) is 1. The van der Waals surface area contributed by atoms with Crippen LogP contribution in [-0.4, -0.2) is 35.8 Å². The molecule has 2 fully saturated rings. The first-order valence-corrected chi connectivity index (χ1v) is 6.01. The Bertz CT molecular complexity index is 332. The van der Waals surface area contributed by atoms with Gasteiger partial charge in [0.25, 0.3) is 0 Å². The van der Waals surface area contributed by atoms with Crippen LogP contribution in [-0.2, 0) is 9.59 Å². The third kappa shape index (κ3) is 1.33. The zero-order valence-electron chi connectivity index (χ0n) is 9.19. The SMILES string of the molecule is O=C1C2CC=CCC2C(=O)N1C1CCNC1. The van der Waals surface area contributed by atoms with Crippen LogP contribution < -0.4 is 5.32 Å². The van der Waals surface area contributed by atoms with Crippen LogP contribution in [0.4, 0.5) is 0 Å². The molecule has 4 heteroatoms. The van der Waals surface area contributed by atoms with Crippen LogP contribution in [0.1, 0.15) is 19.3 Å². The third-order valence-corrected chi connectivity index (χ3v) is 3.94. The highest BCUT2D eigenvalue weighted by molar-refractivity contribution is 6.05. The second-order valence-corrected chi connectivity index (χ2v) is 4.85. The highest BCUT2D eigenvalue weighted by Gasteiger charge is 2.49. The number of allylic oxidation sites excluding steroid dienone is 2. The lowest BCUT2D eigenvalue weighted by atomic mass is 9.85. The third-order valence-electron chi connectivity index (χ3n) is 3.94. The molecule has 0 bridgehead atoms. The summed E-state index contributed by atoms with van der Waals surface area (Å²) < 4.78 is 0. The molecule has 1 N–H and O–H groups in total. The Morgan fingerprint density at radius 3 is 2.25 bits per heavy atom. The quantitative estimate of drug-likeness (QED) is 0.511. The normalized spacial score (nSPS) is 38.2. The lowest BCUT2D eigenvalue weighted by Crippen LogP contribution is -2.41. The minimum Gasteiger partial charge on any atom is -0.315 e. The van der Waals surface area contributed by atoms with E-state index in [9.17, 15) is 9.59 Å². The number of nitrogens with one attached hydrogen (secondary N) is 1. The van der Waals surface area contributed by atoms with Crippen molar-refractivity contribution in [1.29, 1.82) is 0 Å². The molecule has 0 aromatic rings. The summed E-state index contributed by atoms with van der Waals surface area (Å²) in [5.41, 5.74) is 0. The van der Waals surface area contributed by atoms with Crippen molar-refractivity contribution < 1.29 is 9.59 Å². The molecule has 16 heavy (non-hydrogen) atoms. The van der Waals surface area contributed by atoms with E-state index in [0.29, 0.717) is 0 Å². The van der Waals surface area contributed by atoms with E-state index in [4.69, 9.17) is 0 Å². The Kier molecular flexibility index (Phi) is 2.32. The van der Waals surface area contributed by atoms with Crippen LogP contribution in [0.25, 0.3) is 0 Å². The van der Waals surface area contributed by atoms with E-state index in [1.54, 1.807) is 4.90 Å². The summed E-state index contributed by atoms with van der Waals surface area (Å²) in [5, 5.41) is 3.21. The van der Waals surface area contributed by atoms with Crippen LogP contribution >= 0.6 is 0 Å². The first-order valence-electron chi connectivity index (χ1n) is 6.01. The van der Waals surface area contributed by atoms with Crippen molar-refractivity contribution >= 4 is 11.8 Å². The molecule has 1 aliphatic carbocycles. The number of imide groups is 1. The molecular weight excluding hydrogens is 204 g/mol. The lowest BCUT2D eigenvalue weighted by molar-refractivity contribution is -0.142. The number of hydrogen-bond donors (Lipinski definition) is 1. The molecule has 3 unspecified atom stereocenters. The van der Waals surface area contributed by atoms with Gasteiger partial charge >= 0.3 is 0 Å². The maximum atomic E-state index is 12.2. The topological polar surface area (TPSA) is 49.4 Å². The van der Waals surface area contributed by atoms with Crippen LogP contribution in [0.15, 0.2) is 12.2 Å². The molecule has 3 atom stereocenters. The number of rotatable bonds is 1. The van der Waals surface area contributed by atoms with Gasteiger partial charge in [0.05, 0.1) is 17.9 Å². The Hall–Kier alpha value is -1.16. The van der Waals surface area contributed by atoms with Crippen LogP contribution in [0.2, 0.25) is 0 Å². The van der Waals surface area contributed by atoms with Gasteiger partial charge in [0.15, 0.2) is 0 Å². The summed E-state index contributed by atoms with van der Waals surface area (Å²) >= 11 is 0. The van der Waals surface area contributed by atoms with Gasteiger partial charge in [-0.15, -0.1) is 0 Å². The summed E-state index contributed by atoms with van der Waals surface area (Å²) in [7, 11) is 0. The second-order valence-electron chi connectivity index (χ2n) is 4.85. The van der Waals surface area contributed by atoms with Crippen molar-refractivity contribution in [1.82, 2.24) is 10.2 Å². The fraction of sp³-hybridized carbons (Fsp3) is 0.667. The summed E-state index contributed by atoms with van der Waals surface area (Å²) in [6, 6.07) is 0.102. The first-order chi connectivity index (χ1) is 7.79. The van der Waals surface area contributed by atoms with E-state index in [1.807, 2.05) is 12.2 Å². The minimum atomic E-state index is -0.0712. The zero-order chi connectivity index (χ0) is 11.1. The van der Waals surface area contributed by atoms with Crippen molar-refractivity contribution in [3.63, 3.8) is 0 Å². The lowest BCUT2D eigenvalue weighted by Gasteiger charge is -2.21. The maximum absolute atomic E-state index is 12.2. The zero-order valence-corrected chi connectivity index (χ0v) is 9.19. The largest absolute Gasteiger partial charge is 0.315 e. The molecule has 3 aliphatic rings. The molecule has 3 rings (SSSR count). The molecule has 0 radical (unpaired) electrons. The molecule has 86 valence electrons. The van der Waals surface area contributed by atoms with Gasteiger partial charge in [-0.05, 0) is 25.8 Å². The second kappa shape index (κ2) is 3.70. The van der Waals surface area contributed by atoms with E-state index in [1.165, 1.54) is 0 Å². The van der Waals surface area contributed by atoms with E-state index < -0.39 is 0 Å². The highest BCUT2D eigenvalue weighted by atomic mass is 16.2. The van der Waals surface area contributed by atoms with E-state index in [2.05, 4.69) is 5.32 Å². The molecule has 0 saturated carbocycles. The van der Waals surface area contributed by atoms with Gasteiger partial charge < -0.3 is 5.32 Å². The molecule has 4 nitrogen and oxygen atoms in total. The fourth-order valence-corrected chi connectivity index (χ4v) is 3.05. The van der Waals surface area contributed by atoms with Crippen LogP contribution in [0, 0.1) is 11.8 Å². The summed E-state index contributed by atoms with van der Waals surface area (Å²) in [4.78, 5) is 25.9. The molecular formula is C12H16N2O2. The number of nitrogens with zero attached hydrogens (tertiary/aromatic N) is 1. The molecule has 2 saturated heterocycles. The maximum Gasteiger partial charge on any atom is 0.233 e. The van der Waals surface area contributed by atoms with Gasteiger partial charge in [0, 0.05) is 6.54 Å². The Balaban J connectivity index is 1.85. The number of fused-ring (bicyclic) bond motifs is 1. The number of hydrogen-bond acceptors (Lipinski definition) is 3. The number of carbonyl (C=O) groups is 2. The van der Waals surface area contributed by atoms with Crippen LogP contribution in [0.5, 0.6) is 0 Å². The number of amides is 2.